The second-order valence-electron chi connectivity index (χ2n) is 4.49. The highest BCUT2D eigenvalue weighted by Gasteiger charge is 2.11. The van der Waals surface area contributed by atoms with Crippen LogP contribution in [0.15, 0.2) is 30.6 Å². The highest BCUT2D eigenvalue weighted by molar-refractivity contribution is 5.25. The third-order valence-electron chi connectivity index (χ3n) is 2.82. The number of nitrogens with one attached hydrogen (secondary N) is 1. The molecule has 1 aromatic heterocycles. The van der Waals surface area contributed by atoms with Gasteiger partial charge in [-0.3, -0.25) is 5.10 Å². The standard InChI is InChI=1S/C13H17N3O/c1-9(2)11-5-3-10(4-6-11)7-12(17)13-14-8-15-16-13/h3-6,8-9,12,17H,7H2,1-2H3,(H,14,15,16). The molecule has 1 aromatic carbocycles. The molecule has 1 unspecified atom stereocenters. The van der Waals surface area contributed by atoms with Crippen molar-refractivity contribution < 1.29 is 5.11 Å². The molecule has 1 atom stereocenters. The summed E-state index contributed by atoms with van der Waals surface area (Å²) in [6.07, 6.45) is 1.33. The van der Waals surface area contributed by atoms with Gasteiger partial charge in [-0.25, -0.2) is 4.98 Å². The minimum absolute atomic E-state index is 0.512. The van der Waals surface area contributed by atoms with Crippen molar-refractivity contribution in [2.24, 2.45) is 0 Å². The van der Waals surface area contributed by atoms with Crippen molar-refractivity contribution in [3.63, 3.8) is 0 Å². The number of aliphatic hydroxyl groups is 1. The average Bonchev–Trinajstić information content (AvgIpc) is 2.83. The molecule has 4 nitrogen and oxygen atoms in total. The minimum Gasteiger partial charge on any atom is -0.385 e. The molecule has 2 N–H and O–H groups in total. The first-order chi connectivity index (χ1) is 8.16. The largest absolute Gasteiger partial charge is 0.385 e. The lowest BCUT2D eigenvalue weighted by molar-refractivity contribution is 0.169. The molecule has 17 heavy (non-hydrogen) atoms. The van der Waals surface area contributed by atoms with Crippen LogP contribution < -0.4 is 0 Å². The number of nitrogens with zero attached hydrogens (tertiary/aromatic N) is 2. The van der Waals surface area contributed by atoms with Gasteiger partial charge in [0, 0.05) is 6.42 Å². The first-order valence-electron chi connectivity index (χ1n) is 5.79. The number of hydrogen-bond acceptors (Lipinski definition) is 3. The van der Waals surface area contributed by atoms with Crippen LogP contribution in [-0.4, -0.2) is 20.3 Å². The number of H-pyrrole nitrogens is 1. The number of aliphatic hydroxyl groups excluding tert-OH is 1. The fourth-order valence-corrected chi connectivity index (χ4v) is 1.73. The van der Waals surface area contributed by atoms with E-state index in [2.05, 4.69) is 53.3 Å². The second-order valence-corrected chi connectivity index (χ2v) is 4.49. The maximum Gasteiger partial charge on any atom is 0.153 e. The third-order valence-corrected chi connectivity index (χ3v) is 2.82. The Bertz CT molecular complexity index is 448. The van der Waals surface area contributed by atoms with E-state index in [0.717, 1.165) is 5.56 Å². The van der Waals surface area contributed by atoms with Crippen molar-refractivity contribution in [1.82, 2.24) is 15.2 Å². The van der Waals surface area contributed by atoms with Crippen molar-refractivity contribution in [1.29, 1.82) is 0 Å². The number of rotatable bonds is 4. The van der Waals surface area contributed by atoms with E-state index in [9.17, 15) is 5.11 Å². The summed E-state index contributed by atoms with van der Waals surface area (Å²) in [5.74, 6) is 1.04. The van der Waals surface area contributed by atoms with Gasteiger partial charge >= 0.3 is 0 Å². The van der Waals surface area contributed by atoms with Crippen molar-refractivity contribution in [2.45, 2.75) is 32.3 Å². The van der Waals surface area contributed by atoms with E-state index >= 15 is 0 Å². The Kier molecular flexibility index (Phi) is 3.54. The topological polar surface area (TPSA) is 61.8 Å². The molecule has 0 bridgehead atoms. The van der Waals surface area contributed by atoms with Crippen LogP contribution >= 0.6 is 0 Å². The molecule has 0 aliphatic rings. The predicted molar refractivity (Wildman–Crippen MR) is 65.6 cm³/mol. The van der Waals surface area contributed by atoms with Crippen molar-refractivity contribution in [2.75, 3.05) is 0 Å². The zero-order valence-corrected chi connectivity index (χ0v) is 10.1. The van der Waals surface area contributed by atoms with E-state index in [-0.39, 0.29) is 0 Å². The zero-order chi connectivity index (χ0) is 12.3. The van der Waals surface area contributed by atoms with Crippen LogP contribution in [0.3, 0.4) is 0 Å². The summed E-state index contributed by atoms with van der Waals surface area (Å²) in [5.41, 5.74) is 2.40. The Balaban J connectivity index is 2.04. The van der Waals surface area contributed by atoms with Gasteiger partial charge in [0.15, 0.2) is 5.82 Å². The third kappa shape index (κ3) is 2.91. The molecule has 0 radical (unpaired) electrons. The van der Waals surface area contributed by atoms with Gasteiger partial charge in [0.2, 0.25) is 0 Å². The Labute approximate surface area is 101 Å². The van der Waals surface area contributed by atoms with Crippen LogP contribution in [0.1, 0.15) is 42.8 Å². The van der Waals surface area contributed by atoms with Gasteiger partial charge in [0.1, 0.15) is 12.4 Å². The Morgan fingerprint density at radius 3 is 2.47 bits per heavy atom. The molecule has 4 heteroatoms. The smallest absolute Gasteiger partial charge is 0.153 e. The van der Waals surface area contributed by atoms with Gasteiger partial charge in [-0.15, -0.1) is 0 Å². The van der Waals surface area contributed by atoms with Gasteiger partial charge in [-0.2, -0.15) is 5.10 Å². The molecule has 0 aliphatic carbocycles. The minimum atomic E-state index is -0.623. The summed E-state index contributed by atoms with van der Waals surface area (Å²) in [5, 5.41) is 16.3. The van der Waals surface area contributed by atoms with Crippen molar-refractivity contribution in [3.05, 3.63) is 47.5 Å². The fraction of sp³-hybridized carbons (Fsp3) is 0.385. The second kappa shape index (κ2) is 5.10. The predicted octanol–water partition coefficient (Wildman–Crippen LogP) is 2.20. The summed E-state index contributed by atoms with van der Waals surface area (Å²) in [4.78, 5) is 3.94. The van der Waals surface area contributed by atoms with Crippen molar-refractivity contribution >= 4 is 0 Å². The monoisotopic (exact) mass is 231 g/mol. The van der Waals surface area contributed by atoms with Crippen LogP contribution in [-0.2, 0) is 6.42 Å². The van der Waals surface area contributed by atoms with Crippen LogP contribution in [0.4, 0.5) is 0 Å². The summed E-state index contributed by atoms with van der Waals surface area (Å²) in [6.45, 7) is 4.33. The van der Waals surface area contributed by atoms with E-state index in [1.54, 1.807) is 0 Å². The molecule has 0 fully saturated rings. The normalized spacial score (nSPS) is 12.9. The number of hydrogen-bond donors (Lipinski definition) is 2. The van der Waals surface area contributed by atoms with Gasteiger partial charge < -0.3 is 5.11 Å². The molecule has 0 amide bonds. The maximum atomic E-state index is 9.91. The molecule has 90 valence electrons. The van der Waals surface area contributed by atoms with Gasteiger partial charge in [0.05, 0.1) is 0 Å². The molecule has 0 aliphatic heterocycles. The van der Waals surface area contributed by atoms with E-state index in [4.69, 9.17) is 0 Å². The Hall–Kier alpha value is -1.68. The molecular weight excluding hydrogens is 214 g/mol. The average molecular weight is 231 g/mol. The SMILES string of the molecule is CC(C)c1ccc(CC(O)c2ncn[nH]2)cc1. The van der Waals surface area contributed by atoms with Gasteiger partial charge in [0.25, 0.3) is 0 Å². The summed E-state index contributed by atoms with van der Waals surface area (Å²) >= 11 is 0. The summed E-state index contributed by atoms with van der Waals surface area (Å²) in [7, 11) is 0. The zero-order valence-electron chi connectivity index (χ0n) is 10.1. The first kappa shape index (κ1) is 11.8. The summed E-state index contributed by atoms with van der Waals surface area (Å²) in [6, 6.07) is 8.31. The molecule has 0 saturated heterocycles. The quantitative estimate of drug-likeness (QED) is 0.848. The number of aromatic amines is 1. The lowest BCUT2D eigenvalue weighted by Gasteiger charge is -2.09. The fourth-order valence-electron chi connectivity index (χ4n) is 1.73. The van der Waals surface area contributed by atoms with Crippen LogP contribution in [0.2, 0.25) is 0 Å². The first-order valence-corrected chi connectivity index (χ1v) is 5.79. The lowest BCUT2D eigenvalue weighted by atomic mass is 9.99. The highest BCUT2D eigenvalue weighted by Crippen LogP contribution is 2.18. The van der Waals surface area contributed by atoms with Crippen LogP contribution in [0.5, 0.6) is 0 Å². The molecule has 0 saturated carbocycles. The Morgan fingerprint density at radius 1 is 1.24 bits per heavy atom. The molecule has 2 aromatic rings. The lowest BCUT2D eigenvalue weighted by Crippen LogP contribution is -2.04. The Morgan fingerprint density at radius 2 is 1.94 bits per heavy atom. The van der Waals surface area contributed by atoms with E-state index < -0.39 is 6.10 Å². The van der Waals surface area contributed by atoms with Crippen molar-refractivity contribution in [3.8, 4) is 0 Å². The van der Waals surface area contributed by atoms with E-state index in [1.165, 1.54) is 11.9 Å². The molecule has 0 spiro atoms. The van der Waals surface area contributed by atoms with Gasteiger partial charge in [-0.1, -0.05) is 38.1 Å². The molecule has 1 heterocycles. The summed E-state index contributed by atoms with van der Waals surface area (Å²) < 4.78 is 0. The molecular formula is C13H17N3O. The maximum absolute atomic E-state index is 9.91. The van der Waals surface area contributed by atoms with E-state index in [0.29, 0.717) is 18.2 Å². The highest BCUT2D eigenvalue weighted by atomic mass is 16.3. The van der Waals surface area contributed by atoms with Crippen LogP contribution in [0, 0.1) is 0 Å². The van der Waals surface area contributed by atoms with Gasteiger partial charge in [-0.05, 0) is 17.0 Å². The number of aromatic nitrogens is 3. The van der Waals surface area contributed by atoms with Crippen LogP contribution in [0.25, 0.3) is 0 Å². The number of benzene rings is 1. The van der Waals surface area contributed by atoms with E-state index in [1.807, 2.05) is 0 Å². The molecule has 2 rings (SSSR count).